The Morgan fingerprint density at radius 2 is 1.63 bits per heavy atom. The fourth-order valence-electron chi connectivity index (χ4n) is 2.75. The van der Waals surface area contributed by atoms with Gasteiger partial charge < -0.3 is 10.6 Å². The zero-order valence-electron chi connectivity index (χ0n) is 15.4. The molecule has 5 heteroatoms. The predicted octanol–water partition coefficient (Wildman–Crippen LogP) is 4.71. The van der Waals surface area contributed by atoms with Gasteiger partial charge in [-0.2, -0.15) is 0 Å². The van der Waals surface area contributed by atoms with Crippen LogP contribution in [0, 0.1) is 0 Å². The number of carbonyl (C=O) groups excluding carboxylic acids is 2. The summed E-state index contributed by atoms with van der Waals surface area (Å²) >= 11 is 1.37. The van der Waals surface area contributed by atoms with E-state index in [1.807, 2.05) is 74.5 Å². The van der Waals surface area contributed by atoms with Gasteiger partial charge in [0.25, 0.3) is 5.91 Å². The van der Waals surface area contributed by atoms with Crippen LogP contribution >= 0.6 is 11.8 Å². The SMILES string of the molecule is CC(C)NC(=O)CSc1ccccc1C(=O)Nc1ccc2ccccc2c1. The van der Waals surface area contributed by atoms with Crippen molar-refractivity contribution in [2.45, 2.75) is 24.8 Å². The third-order valence-corrected chi connectivity index (χ3v) is 5.02. The fourth-order valence-corrected chi connectivity index (χ4v) is 3.61. The van der Waals surface area contributed by atoms with Gasteiger partial charge >= 0.3 is 0 Å². The lowest BCUT2D eigenvalue weighted by Gasteiger charge is -2.11. The molecule has 0 fully saturated rings. The van der Waals surface area contributed by atoms with E-state index in [1.54, 1.807) is 6.07 Å². The van der Waals surface area contributed by atoms with E-state index in [1.165, 1.54) is 11.8 Å². The molecule has 0 aliphatic heterocycles. The second kappa shape index (κ2) is 8.73. The Labute approximate surface area is 163 Å². The van der Waals surface area contributed by atoms with Crippen molar-refractivity contribution < 1.29 is 9.59 Å². The average molecular weight is 378 g/mol. The molecule has 0 radical (unpaired) electrons. The van der Waals surface area contributed by atoms with Crippen LogP contribution < -0.4 is 10.6 Å². The molecule has 0 saturated heterocycles. The molecule has 2 N–H and O–H groups in total. The van der Waals surface area contributed by atoms with E-state index in [0.717, 1.165) is 21.4 Å². The number of amides is 2. The maximum absolute atomic E-state index is 12.8. The van der Waals surface area contributed by atoms with E-state index < -0.39 is 0 Å². The van der Waals surface area contributed by atoms with Crippen LogP contribution in [0.5, 0.6) is 0 Å². The average Bonchev–Trinajstić information content (AvgIpc) is 2.66. The monoisotopic (exact) mass is 378 g/mol. The Balaban J connectivity index is 1.73. The van der Waals surface area contributed by atoms with Gasteiger partial charge in [-0.1, -0.05) is 42.5 Å². The van der Waals surface area contributed by atoms with Crippen LogP contribution in [0.3, 0.4) is 0 Å². The molecule has 0 aliphatic carbocycles. The van der Waals surface area contributed by atoms with Crippen molar-refractivity contribution in [2.75, 3.05) is 11.1 Å². The number of thioether (sulfide) groups is 1. The van der Waals surface area contributed by atoms with E-state index in [0.29, 0.717) is 5.56 Å². The summed E-state index contributed by atoms with van der Waals surface area (Å²) in [6.07, 6.45) is 0. The van der Waals surface area contributed by atoms with Gasteiger partial charge in [0.15, 0.2) is 0 Å². The molecule has 0 bridgehead atoms. The van der Waals surface area contributed by atoms with Crippen LogP contribution in [-0.4, -0.2) is 23.6 Å². The molecule has 0 atom stereocenters. The highest BCUT2D eigenvalue weighted by Gasteiger charge is 2.13. The van der Waals surface area contributed by atoms with Crippen LogP contribution in [0.1, 0.15) is 24.2 Å². The lowest BCUT2D eigenvalue weighted by atomic mass is 10.1. The van der Waals surface area contributed by atoms with Gasteiger partial charge in [-0.25, -0.2) is 0 Å². The maximum atomic E-state index is 12.8. The van der Waals surface area contributed by atoms with Gasteiger partial charge in [0.1, 0.15) is 0 Å². The number of anilines is 1. The molecule has 0 saturated carbocycles. The summed E-state index contributed by atoms with van der Waals surface area (Å²) in [6.45, 7) is 3.85. The van der Waals surface area contributed by atoms with Crippen molar-refractivity contribution in [3.05, 3.63) is 72.3 Å². The van der Waals surface area contributed by atoms with Gasteiger partial charge in [-0.05, 0) is 48.9 Å². The molecule has 138 valence electrons. The summed E-state index contributed by atoms with van der Waals surface area (Å²) < 4.78 is 0. The molecule has 27 heavy (non-hydrogen) atoms. The highest BCUT2D eigenvalue weighted by atomic mass is 32.2. The number of rotatable bonds is 6. The van der Waals surface area contributed by atoms with E-state index in [2.05, 4.69) is 10.6 Å². The summed E-state index contributed by atoms with van der Waals surface area (Å²) in [7, 11) is 0. The lowest BCUT2D eigenvalue weighted by molar-refractivity contribution is -0.119. The van der Waals surface area contributed by atoms with E-state index in [4.69, 9.17) is 0 Å². The molecular formula is C22H22N2O2S. The van der Waals surface area contributed by atoms with Gasteiger partial charge in [-0.15, -0.1) is 11.8 Å². The Hall–Kier alpha value is -2.79. The highest BCUT2D eigenvalue weighted by molar-refractivity contribution is 8.00. The zero-order chi connectivity index (χ0) is 19.2. The molecule has 3 aromatic carbocycles. The van der Waals surface area contributed by atoms with Crippen LogP contribution in [-0.2, 0) is 4.79 Å². The van der Waals surface area contributed by atoms with Crippen LogP contribution in [0.15, 0.2) is 71.6 Å². The summed E-state index contributed by atoms with van der Waals surface area (Å²) in [4.78, 5) is 25.4. The minimum Gasteiger partial charge on any atom is -0.353 e. The number of benzene rings is 3. The van der Waals surface area contributed by atoms with Crippen molar-refractivity contribution in [1.29, 1.82) is 0 Å². The summed E-state index contributed by atoms with van der Waals surface area (Å²) in [5.41, 5.74) is 1.31. The minimum absolute atomic E-state index is 0.0419. The second-order valence-corrected chi connectivity index (χ2v) is 7.54. The van der Waals surface area contributed by atoms with Gasteiger partial charge in [0.2, 0.25) is 5.91 Å². The standard InChI is InChI=1S/C22H22N2O2S/c1-15(2)23-21(25)14-27-20-10-6-5-9-19(20)22(26)24-18-12-11-16-7-3-4-8-17(16)13-18/h3-13,15H,14H2,1-2H3,(H,23,25)(H,24,26). The molecule has 0 aromatic heterocycles. The first-order valence-electron chi connectivity index (χ1n) is 8.84. The second-order valence-electron chi connectivity index (χ2n) is 6.52. The lowest BCUT2D eigenvalue weighted by Crippen LogP contribution is -2.31. The van der Waals surface area contributed by atoms with Crippen LogP contribution in [0.2, 0.25) is 0 Å². The molecule has 0 aliphatic rings. The third-order valence-electron chi connectivity index (χ3n) is 3.95. The van der Waals surface area contributed by atoms with Crippen molar-refractivity contribution in [2.24, 2.45) is 0 Å². The van der Waals surface area contributed by atoms with Gasteiger partial charge in [0, 0.05) is 16.6 Å². The van der Waals surface area contributed by atoms with Crippen molar-refractivity contribution >= 4 is 40.0 Å². The largest absolute Gasteiger partial charge is 0.353 e. The Bertz CT molecular complexity index is 969. The molecular weight excluding hydrogens is 356 g/mol. The predicted molar refractivity (Wildman–Crippen MR) is 112 cm³/mol. The molecule has 4 nitrogen and oxygen atoms in total. The quantitative estimate of drug-likeness (QED) is 0.611. The van der Waals surface area contributed by atoms with Crippen molar-refractivity contribution in [1.82, 2.24) is 5.32 Å². The van der Waals surface area contributed by atoms with Crippen LogP contribution in [0.4, 0.5) is 5.69 Å². The van der Waals surface area contributed by atoms with Gasteiger partial charge in [0.05, 0.1) is 11.3 Å². The Morgan fingerprint density at radius 1 is 0.926 bits per heavy atom. The van der Waals surface area contributed by atoms with E-state index >= 15 is 0 Å². The van der Waals surface area contributed by atoms with E-state index in [-0.39, 0.29) is 23.6 Å². The normalized spacial score (nSPS) is 10.8. The minimum atomic E-state index is -0.183. The topological polar surface area (TPSA) is 58.2 Å². The molecule has 2 amide bonds. The highest BCUT2D eigenvalue weighted by Crippen LogP contribution is 2.24. The number of hydrogen-bond acceptors (Lipinski definition) is 3. The third kappa shape index (κ3) is 5.11. The summed E-state index contributed by atoms with van der Waals surface area (Å²) in [5, 5.41) is 8.02. The molecule has 3 rings (SSSR count). The smallest absolute Gasteiger partial charge is 0.256 e. The number of hydrogen-bond donors (Lipinski definition) is 2. The zero-order valence-corrected chi connectivity index (χ0v) is 16.2. The first-order valence-corrected chi connectivity index (χ1v) is 9.83. The number of carbonyl (C=O) groups is 2. The molecule has 0 heterocycles. The molecule has 0 unspecified atom stereocenters. The molecule has 3 aromatic rings. The number of nitrogens with one attached hydrogen (secondary N) is 2. The van der Waals surface area contributed by atoms with Crippen molar-refractivity contribution in [3.63, 3.8) is 0 Å². The number of fused-ring (bicyclic) bond motifs is 1. The Kier molecular flexibility index (Phi) is 6.14. The Morgan fingerprint density at radius 3 is 2.41 bits per heavy atom. The van der Waals surface area contributed by atoms with Gasteiger partial charge in [-0.3, -0.25) is 9.59 Å². The summed E-state index contributed by atoms with van der Waals surface area (Å²) in [5.74, 6) is 0.0516. The van der Waals surface area contributed by atoms with Crippen molar-refractivity contribution in [3.8, 4) is 0 Å². The molecule has 0 spiro atoms. The van der Waals surface area contributed by atoms with E-state index in [9.17, 15) is 9.59 Å². The van der Waals surface area contributed by atoms with Crippen LogP contribution in [0.25, 0.3) is 10.8 Å². The maximum Gasteiger partial charge on any atom is 0.256 e. The first kappa shape index (κ1) is 19.0. The first-order chi connectivity index (χ1) is 13.0. The summed E-state index contributed by atoms with van der Waals surface area (Å²) in [6, 6.07) is 21.3. The fraction of sp³-hybridized carbons (Fsp3) is 0.182.